The van der Waals surface area contributed by atoms with Gasteiger partial charge in [-0.3, -0.25) is 0 Å². The largest absolute Gasteiger partial charge is 0.0953 e. The molecule has 3 aromatic rings. The first-order valence-electron chi connectivity index (χ1n) is 8.34. The molecule has 0 spiro atoms. The molecule has 30 heavy (non-hydrogen) atoms. The van der Waals surface area contributed by atoms with Crippen LogP contribution in [0.3, 0.4) is 0 Å². The quantitative estimate of drug-likeness (QED) is 0.179. The molecule has 0 unspecified atom stereocenters. The number of benzene rings is 3. The summed E-state index contributed by atoms with van der Waals surface area (Å²) in [6, 6.07) is 8.27. The fourth-order valence-corrected chi connectivity index (χ4v) is 7.64. The molecule has 0 bridgehead atoms. The van der Waals surface area contributed by atoms with E-state index in [1.807, 2.05) is 12.1 Å². The van der Waals surface area contributed by atoms with Crippen molar-refractivity contribution in [3.63, 3.8) is 0 Å². The Balaban J connectivity index is 2.36. The van der Waals surface area contributed by atoms with Gasteiger partial charge in [0.25, 0.3) is 0 Å². The van der Waals surface area contributed by atoms with Gasteiger partial charge in [0.15, 0.2) is 0 Å². The van der Waals surface area contributed by atoms with Crippen molar-refractivity contribution in [2.75, 3.05) is 0 Å². The van der Waals surface area contributed by atoms with E-state index in [2.05, 4.69) is 140 Å². The Kier molecular flexibility index (Phi) is 8.28. The number of halogens is 10. The zero-order chi connectivity index (χ0) is 22.1. The lowest BCUT2D eigenvalue weighted by Gasteiger charge is -2.19. The molecule has 0 saturated heterocycles. The Labute approximate surface area is 251 Å². The van der Waals surface area contributed by atoms with Gasteiger partial charge in [0.2, 0.25) is 0 Å². The van der Waals surface area contributed by atoms with Crippen LogP contribution in [0.15, 0.2) is 24.3 Å². The van der Waals surface area contributed by atoms with Crippen molar-refractivity contribution in [1.29, 1.82) is 0 Å². The second-order valence-corrected chi connectivity index (χ2v) is 19.6. The van der Waals surface area contributed by atoms with E-state index in [0.717, 1.165) is 55.3 Å². The summed E-state index contributed by atoms with van der Waals surface area (Å²) in [6.07, 6.45) is 0. The molecule has 0 saturated carbocycles. The molecule has 4 rings (SSSR count). The molecule has 158 valence electrons. The number of rotatable bonds is 4. The summed E-state index contributed by atoms with van der Waals surface area (Å²) in [7, 11) is 0. The summed E-state index contributed by atoms with van der Waals surface area (Å²) >= 11 is 43.3. The normalized spacial score (nSPS) is 12.9. The standard InChI is InChI=1S/C20H8Br8Cl2/c21-17(22)5-1-2-6(18(23)24)12-11(5)13-7(19(25)26)3-9(29)15-10(30)4-8(20(27)28)14(12)16(13)15/h1-4,17-20H. The minimum Gasteiger partial charge on any atom is -0.0836 e. The first-order valence-corrected chi connectivity index (χ1v) is 16.4. The van der Waals surface area contributed by atoms with Gasteiger partial charge < -0.3 is 0 Å². The zero-order valence-corrected chi connectivity index (χ0v) is 28.6. The van der Waals surface area contributed by atoms with Crippen molar-refractivity contribution in [2.45, 2.75) is 14.9 Å². The lowest BCUT2D eigenvalue weighted by atomic mass is 9.93. The van der Waals surface area contributed by atoms with Gasteiger partial charge in [-0.2, -0.15) is 0 Å². The number of alkyl halides is 8. The van der Waals surface area contributed by atoms with Gasteiger partial charge in [-0.25, -0.2) is 0 Å². The minimum absolute atomic E-state index is 0.0171. The predicted molar refractivity (Wildman–Crippen MR) is 161 cm³/mol. The van der Waals surface area contributed by atoms with Crippen LogP contribution >= 0.6 is 151 Å². The SMILES string of the molecule is Clc1cc(C(Br)Br)c2c3c(c(C(Br)Br)cc(Cl)c13)-c1c(C(Br)Br)ccc(C(Br)Br)c1-2. The molecular weight excluding hydrogens is 950 g/mol. The maximum atomic E-state index is 6.78. The van der Waals surface area contributed by atoms with Crippen LogP contribution in [0.1, 0.15) is 37.2 Å². The number of fused-ring (bicyclic) bond motifs is 3. The second kappa shape index (κ2) is 9.77. The van der Waals surface area contributed by atoms with Crippen molar-refractivity contribution < 1.29 is 0 Å². The van der Waals surface area contributed by atoms with E-state index in [1.165, 1.54) is 0 Å². The Bertz CT molecular complexity index is 1100. The first kappa shape index (κ1) is 25.4. The molecule has 1 aliphatic carbocycles. The average Bonchev–Trinajstić information content (AvgIpc) is 2.99. The van der Waals surface area contributed by atoms with Crippen LogP contribution in [0, 0.1) is 0 Å². The molecule has 0 N–H and O–H groups in total. The van der Waals surface area contributed by atoms with Crippen molar-refractivity contribution in [2.24, 2.45) is 0 Å². The zero-order valence-electron chi connectivity index (χ0n) is 14.4. The van der Waals surface area contributed by atoms with Crippen LogP contribution in [0.5, 0.6) is 0 Å². The summed E-state index contributed by atoms with van der Waals surface area (Å²) in [6.45, 7) is 0. The highest BCUT2D eigenvalue weighted by atomic mass is 79.9. The van der Waals surface area contributed by atoms with Gasteiger partial charge in [0.05, 0.1) is 25.0 Å². The Morgan fingerprint density at radius 1 is 0.467 bits per heavy atom. The molecule has 0 atom stereocenters. The van der Waals surface area contributed by atoms with Crippen molar-refractivity contribution in [3.05, 3.63) is 56.6 Å². The van der Waals surface area contributed by atoms with Gasteiger partial charge in [-0.15, -0.1) is 0 Å². The van der Waals surface area contributed by atoms with Crippen LogP contribution in [-0.2, 0) is 0 Å². The maximum absolute atomic E-state index is 6.78. The van der Waals surface area contributed by atoms with Gasteiger partial charge in [-0.1, -0.05) is 163 Å². The van der Waals surface area contributed by atoms with Crippen LogP contribution in [0.2, 0.25) is 10.0 Å². The molecule has 0 nitrogen and oxygen atoms in total. The molecule has 3 aromatic carbocycles. The highest BCUT2D eigenvalue weighted by Crippen LogP contribution is 2.61. The summed E-state index contributed by atoms with van der Waals surface area (Å²) in [5.41, 5.74) is 8.97. The minimum atomic E-state index is -0.0730. The summed E-state index contributed by atoms with van der Waals surface area (Å²) in [5, 5.41) is 3.19. The molecule has 0 fully saturated rings. The third-order valence-corrected chi connectivity index (χ3v) is 9.62. The van der Waals surface area contributed by atoms with Gasteiger partial charge >= 0.3 is 0 Å². The molecule has 10 heteroatoms. The molecule has 0 radical (unpaired) electrons. The lowest BCUT2D eigenvalue weighted by Crippen LogP contribution is -1.96. The molecule has 0 aliphatic heterocycles. The summed E-state index contributed by atoms with van der Waals surface area (Å²) < 4.78 is -0.180. The third kappa shape index (κ3) is 4.15. The van der Waals surface area contributed by atoms with E-state index in [0.29, 0.717) is 10.0 Å². The fraction of sp³-hybridized carbons (Fsp3) is 0.200. The van der Waals surface area contributed by atoms with Crippen molar-refractivity contribution in [1.82, 2.24) is 0 Å². The van der Waals surface area contributed by atoms with E-state index >= 15 is 0 Å². The Morgan fingerprint density at radius 2 is 0.800 bits per heavy atom. The summed E-state index contributed by atoms with van der Waals surface area (Å²) in [4.78, 5) is 0. The van der Waals surface area contributed by atoms with Crippen LogP contribution < -0.4 is 0 Å². The smallest absolute Gasteiger partial charge is 0.0836 e. The average molecular weight is 958 g/mol. The highest BCUT2D eigenvalue weighted by molar-refractivity contribution is 9.25. The van der Waals surface area contributed by atoms with E-state index in [1.54, 1.807) is 0 Å². The Morgan fingerprint density at radius 3 is 1.10 bits per heavy atom. The van der Waals surface area contributed by atoms with E-state index < -0.39 is 0 Å². The topological polar surface area (TPSA) is 0 Å². The third-order valence-electron chi connectivity index (χ3n) is 5.08. The number of hydrogen-bond donors (Lipinski definition) is 0. The van der Waals surface area contributed by atoms with Gasteiger partial charge in [0, 0.05) is 10.8 Å². The number of hydrogen-bond acceptors (Lipinski definition) is 0. The van der Waals surface area contributed by atoms with Crippen molar-refractivity contribution in [3.8, 4) is 22.3 Å². The van der Waals surface area contributed by atoms with E-state index in [9.17, 15) is 0 Å². The van der Waals surface area contributed by atoms with E-state index in [-0.39, 0.29) is 14.9 Å². The van der Waals surface area contributed by atoms with Gasteiger partial charge in [-0.05, 0) is 56.6 Å². The Hall–Kier alpha value is 2.34. The first-order chi connectivity index (χ1) is 14.1. The molecular formula is C20H8Br8Cl2. The molecule has 0 amide bonds. The van der Waals surface area contributed by atoms with E-state index in [4.69, 9.17) is 23.2 Å². The molecule has 1 aliphatic rings. The second-order valence-electron chi connectivity index (χ2n) is 6.59. The molecule has 0 aromatic heterocycles. The van der Waals surface area contributed by atoms with Crippen LogP contribution in [-0.4, -0.2) is 0 Å². The van der Waals surface area contributed by atoms with Crippen molar-refractivity contribution >= 4 is 161 Å². The monoisotopic (exact) mass is 949 g/mol. The maximum Gasteiger partial charge on any atom is 0.0953 e. The molecule has 0 heterocycles. The van der Waals surface area contributed by atoms with Crippen LogP contribution in [0.25, 0.3) is 33.0 Å². The summed E-state index contributed by atoms with van der Waals surface area (Å²) in [5.74, 6) is 0. The predicted octanol–water partition coefficient (Wildman–Crippen LogP) is 12.9. The highest BCUT2D eigenvalue weighted by Gasteiger charge is 2.36. The lowest BCUT2D eigenvalue weighted by molar-refractivity contribution is 1.34. The fourth-order valence-electron chi connectivity index (χ4n) is 4.00. The van der Waals surface area contributed by atoms with Gasteiger partial charge in [0.1, 0.15) is 0 Å². The van der Waals surface area contributed by atoms with Crippen LogP contribution in [0.4, 0.5) is 0 Å².